The maximum Gasteiger partial charge on any atom is 0.337 e. The summed E-state index contributed by atoms with van der Waals surface area (Å²) in [6, 6.07) is 3.18. The van der Waals surface area contributed by atoms with Crippen molar-refractivity contribution in [1.29, 1.82) is 0 Å². The van der Waals surface area contributed by atoms with Crippen LogP contribution in [0.1, 0.15) is 16.1 Å². The predicted octanol–water partition coefficient (Wildman–Crippen LogP) is 1.69. The number of pyridine rings is 1. The third-order valence-corrected chi connectivity index (χ3v) is 1.74. The van der Waals surface area contributed by atoms with Gasteiger partial charge in [0.1, 0.15) is 5.82 Å². The molecule has 0 saturated heterocycles. The first-order chi connectivity index (χ1) is 6.65. The molecule has 0 spiro atoms. The minimum absolute atomic E-state index is 0.231. The Hall–Kier alpha value is -1.84. The molecule has 4 heteroatoms. The molecule has 0 aliphatic heterocycles. The maximum absolute atomic E-state index is 10.7. The lowest BCUT2D eigenvalue weighted by molar-refractivity contribution is 0.0695. The third-order valence-electron chi connectivity index (χ3n) is 1.74. The Balaban J connectivity index is 2.88. The van der Waals surface area contributed by atoms with E-state index < -0.39 is 5.97 Å². The van der Waals surface area contributed by atoms with Crippen LogP contribution in [0, 0.1) is 6.92 Å². The molecular formula is C10H12N2O2. The van der Waals surface area contributed by atoms with Crippen molar-refractivity contribution in [2.45, 2.75) is 6.92 Å². The molecule has 74 valence electrons. The number of aromatic carboxylic acids is 1. The van der Waals surface area contributed by atoms with Gasteiger partial charge in [0.05, 0.1) is 11.3 Å². The van der Waals surface area contributed by atoms with Gasteiger partial charge < -0.3 is 10.4 Å². The van der Waals surface area contributed by atoms with E-state index in [2.05, 4.69) is 16.9 Å². The van der Waals surface area contributed by atoms with Gasteiger partial charge in [0.15, 0.2) is 0 Å². The number of anilines is 1. The summed E-state index contributed by atoms with van der Waals surface area (Å²) < 4.78 is 0. The van der Waals surface area contributed by atoms with Crippen molar-refractivity contribution in [2.24, 2.45) is 0 Å². The van der Waals surface area contributed by atoms with E-state index in [1.807, 2.05) is 0 Å². The van der Waals surface area contributed by atoms with Crippen LogP contribution in [-0.4, -0.2) is 22.6 Å². The number of nitrogens with one attached hydrogen (secondary N) is 1. The van der Waals surface area contributed by atoms with E-state index >= 15 is 0 Å². The SMILES string of the molecule is C=CCNc1ccc(C(=O)O)c(C)n1. The highest BCUT2D eigenvalue weighted by Crippen LogP contribution is 2.10. The lowest BCUT2D eigenvalue weighted by Crippen LogP contribution is -2.05. The Morgan fingerprint density at radius 2 is 2.43 bits per heavy atom. The number of aryl methyl sites for hydroxylation is 1. The monoisotopic (exact) mass is 192 g/mol. The van der Waals surface area contributed by atoms with Crippen LogP contribution in [0.15, 0.2) is 24.8 Å². The molecule has 0 atom stereocenters. The summed E-state index contributed by atoms with van der Waals surface area (Å²) in [6.45, 7) is 5.84. The van der Waals surface area contributed by atoms with Crippen LogP contribution in [0.2, 0.25) is 0 Å². The van der Waals surface area contributed by atoms with E-state index in [0.29, 0.717) is 18.1 Å². The maximum atomic E-state index is 10.7. The second-order valence-corrected chi connectivity index (χ2v) is 2.80. The molecule has 0 aliphatic carbocycles. The molecule has 1 rings (SSSR count). The van der Waals surface area contributed by atoms with Crippen LogP contribution in [0.5, 0.6) is 0 Å². The number of carbonyl (C=O) groups is 1. The Labute approximate surface area is 82.3 Å². The van der Waals surface area contributed by atoms with Crippen LogP contribution < -0.4 is 5.32 Å². The van der Waals surface area contributed by atoms with Gasteiger partial charge in [-0.05, 0) is 19.1 Å². The molecule has 1 aromatic rings. The minimum atomic E-state index is -0.953. The lowest BCUT2D eigenvalue weighted by Gasteiger charge is -2.05. The van der Waals surface area contributed by atoms with E-state index in [1.165, 1.54) is 6.07 Å². The zero-order valence-corrected chi connectivity index (χ0v) is 7.95. The highest BCUT2D eigenvalue weighted by Gasteiger charge is 2.07. The minimum Gasteiger partial charge on any atom is -0.478 e. The summed E-state index contributed by atoms with van der Waals surface area (Å²) in [5, 5.41) is 11.7. The highest BCUT2D eigenvalue weighted by atomic mass is 16.4. The fourth-order valence-corrected chi connectivity index (χ4v) is 1.06. The first-order valence-electron chi connectivity index (χ1n) is 4.21. The van der Waals surface area contributed by atoms with Gasteiger partial charge in [-0.2, -0.15) is 0 Å². The second-order valence-electron chi connectivity index (χ2n) is 2.80. The Morgan fingerprint density at radius 3 is 2.93 bits per heavy atom. The molecule has 0 bridgehead atoms. The van der Waals surface area contributed by atoms with Crippen LogP contribution >= 0.6 is 0 Å². The van der Waals surface area contributed by atoms with E-state index in [-0.39, 0.29) is 5.56 Å². The second kappa shape index (κ2) is 4.41. The summed E-state index contributed by atoms with van der Waals surface area (Å²) >= 11 is 0. The number of aromatic nitrogens is 1. The van der Waals surface area contributed by atoms with Crippen LogP contribution in [0.25, 0.3) is 0 Å². The number of hydrogen-bond donors (Lipinski definition) is 2. The molecule has 0 radical (unpaired) electrons. The largest absolute Gasteiger partial charge is 0.478 e. The van der Waals surface area contributed by atoms with Crippen LogP contribution in [0.3, 0.4) is 0 Å². The quantitative estimate of drug-likeness (QED) is 0.712. The fraction of sp³-hybridized carbons (Fsp3) is 0.200. The summed E-state index contributed by atoms with van der Waals surface area (Å²) in [5.74, 6) is -0.294. The van der Waals surface area contributed by atoms with Crippen LogP contribution in [0.4, 0.5) is 5.82 Å². The van der Waals surface area contributed by atoms with Gasteiger partial charge in [0.25, 0.3) is 0 Å². The topological polar surface area (TPSA) is 62.2 Å². The molecule has 0 aliphatic rings. The number of hydrogen-bond acceptors (Lipinski definition) is 3. The van der Waals surface area contributed by atoms with Crippen molar-refractivity contribution < 1.29 is 9.90 Å². The van der Waals surface area contributed by atoms with Crippen molar-refractivity contribution >= 4 is 11.8 Å². The zero-order valence-electron chi connectivity index (χ0n) is 7.95. The average molecular weight is 192 g/mol. The molecule has 0 unspecified atom stereocenters. The Kier molecular flexibility index (Phi) is 3.23. The van der Waals surface area contributed by atoms with Crippen molar-refractivity contribution in [3.8, 4) is 0 Å². The Bertz CT molecular complexity index is 361. The highest BCUT2D eigenvalue weighted by molar-refractivity contribution is 5.89. The van der Waals surface area contributed by atoms with E-state index in [0.717, 1.165) is 0 Å². The van der Waals surface area contributed by atoms with E-state index in [4.69, 9.17) is 5.11 Å². The molecule has 0 aromatic carbocycles. The Morgan fingerprint density at radius 1 is 1.71 bits per heavy atom. The van der Waals surface area contributed by atoms with E-state index in [1.54, 1.807) is 19.1 Å². The summed E-state index contributed by atoms with van der Waals surface area (Å²) in [4.78, 5) is 14.8. The van der Waals surface area contributed by atoms with Gasteiger partial charge >= 0.3 is 5.97 Å². The number of nitrogens with zero attached hydrogens (tertiary/aromatic N) is 1. The molecule has 14 heavy (non-hydrogen) atoms. The smallest absolute Gasteiger partial charge is 0.337 e. The summed E-state index contributed by atoms with van der Waals surface area (Å²) in [7, 11) is 0. The van der Waals surface area contributed by atoms with E-state index in [9.17, 15) is 4.79 Å². The van der Waals surface area contributed by atoms with Gasteiger partial charge in [-0.1, -0.05) is 6.08 Å². The van der Waals surface area contributed by atoms with Gasteiger partial charge in [0, 0.05) is 6.54 Å². The molecule has 0 amide bonds. The van der Waals surface area contributed by atoms with Crippen molar-refractivity contribution in [1.82, 2.24) is 4.98 Å². The molecule has 1 aromatic heterocycles. The molecular weight excluding hydrogens is 180 g/mol. The number of rotatable bonds is 4. The summed E-state index contributed by atoms with van der Waals surface area (Å²) in [6.07, 6.45) is 1.71. The zero-order chi connectivity index (χ0) is 10.6. The number of carboxylic acid groups (broad SMARTS) is 1. The fourth-order valence-electron chi connectivity index (χ4n) is 1.06. The van der Waals surface area contributed by atoms with Crippen LogP contribution in [-0.2, 0) is 0 Å². The van der Waals surface area contributed by atoms with Crippen molar-refractivity contribution in [2.75, 3.05) is 11.9 Å². The molecule has 0 fully saturated rings. The molecule has 2 N–H and O–H groups in total. The first kappa shape index (κ1) is 10.2. The van der Waals surface area contributed by atoms with Gasteiger partial charge in [0.2, 0.25) is 0 Å². The molecule has 1 heterocycles. The lowest BCUT2D eigenvalue weighted by atomic mass is 10.2. The van der Waals surface area contributed by atoms with Crippen molar-refractivity contribution in [3.63, 3.8) is 0 Å². The average Bonchev–Trinajstić information content (AvgIpc) is 2.14. The van der Waals surface area contributed by atoms with Gasteiger partial charge in [-0.15, -0.1) is 6.58 Å². The molecule has 4 nitrogen and oxygen atoms in total. The predicted molar refractivity (Wildman–Crippen MR) is 54.6 cm³/mol. The first-order valence-corrected chi connectivity index (χ1v) is 4.21. The summed E-state index contributed by atoms with van der Waals surface area (Å²) in [5.41, 5.74) is 0.737. The van der Waals surface area contributed by atoms with Gasteiger partial charge in [-0.3, -0.25) is 0 Å². The van der Waals surface area contributed by atoms with Gasteiger partial charge in [-0.25, -0.2) is 9.78 Å². The van der Waals surface area contributed by atoms with Crippen molar-refractivity contribution in [3.05, 3.63) is 36.0 Å². The third kappa shape index (κ3) is 2.32. The molecule has 0 saturated carbocycles. The normalized spacial score (nSPS) is 9.50. The standard InChI is InChI=1S/C10H12N2O2/c1-3-6-11-9-5-4-8(10(13)14)7(2)12-9/h3-5H,1,6H2,2H3,(H,11,12)(H,13,14). The number of carboxylic acids is 1.